The van der Waals surface area contributed by atoms with Gasteiger partial charge in [-0.1, -0.05) is 84.9 Å². The lowest BCUT2D eigenvalue weighted by atomic mass is 10.00. The summed E-state index contributed by atoms with van der Waals surface area (Å²) in [5.74, 6) is -0.501. The first kappa shape index (κ1) is 29.1. The summed E-state index contributed by atoms with van der Waals surface area (Å²) < 4.78 is 5.78. The average Bonchev–Trinajstić information content (AvgIpc) is 3.01. The number of aliphatic carboxylic acids is 1. The molecule has 0 aromatic heterocycles. The largest absolute Gasteiger partial charge is 0.494 e. The zero-order chi connectivity index (χ0) is 28.9. The van der Waals surface area contributed by atoms with Crippen molar-refractivity contribution in [1.82, 2.24) is 5.32 Å². The lowest BCUT2D eigenvalue weighted by Gasteiger charge is -2.18. The van der Waals surface area contributed by atoms with Crippen molar-refractivity contribution < 1.29 is 24.2 Å². The van der Waals surface area contributed by atoms with Gasteiger partial charge in [-0.05, 0) is 48.2 Å². The molecule has 0 bridgehead atoms. The number of carboxylic acid groups (broad SMARTS) is 1. The van der Waals surface area contributed by atoms with Gasteiger partial charge in [0.25, 0.3) is 0 Å². The van der Waals surface area contributed by atoms with Crippen LogP contribution in [0.15, 0.2) is 109 Å². The van der Waals surface area contributed by atoms with Crippen molar-refractivity contribution in [2.45, 2.75) is 31.7 Å². The Morgan fingerprint density at radius 3 is 2.12 bits per heavy atom. The number of carboxylic acids is 1. The summed E-state index contributed by atoms with van der Waals surface area (Å²) in [5.41, 5.74) is 3.38. The molecule has 0 aliphatic heterocycles. The highest BCUT2D eigenvalue weighted by Gasteiger charge is 2.21. The van der Waals surface area contributed by atoms with Crippen LogP contribution in [0.5, 0.6) is 5.75 Å². The normalized spacial score (nSPS) is 11.3. The molecule has 41 heavy (non-hydrogen) atoms. The maximum atomic E-state index is 13.0. The molecule has 3 N–H and O–H groups in total. The van der Waals surface area contributed by atoms with E-state index in [0.717, 1.165) is 11.1 Å². The van der Waals surface area contributed by atoms with Crippen LogP contribution in [0.2, 0.25) is 0 Å². The molecule has 4 aromatic carbocycles. The number of hydrogen-bond acceptors (Lipinski definition) is 5. The van der Waals surface area contributed by atoms with E-state index in [0.29, 0.717) is 55.0 Å². The Bertz CT molecular complexity index is 1420. The number of anilines is 1. The fraction of sp³-hybridized carbons (Fsp3) is 0.206. The van der Waals surface area contributed by atoms with E-state index >= 15 is 0 Å². The summed E-state index contributed by atoms with van der Waals surface area (Å²) in [4.78, 5) is 37.2. The number of hydrogen-bond donors (Lipinski definition) is 3. The Kier molecular flexibility index (Phi) is 10.7. The van der Waals surface area contributed by atoms with Crippen LogP contribution < -0.4 is 15.4 Å². The first-order chi connectivity index (χ1) is 20.0. The average molecular weight is 551 g/mol. The summed E-state index contributed by atoms with van der Waals surface area (Å²) in [6.07, 6.45) is 2.06. The zero-order valence-electron chi connectivity index (χ0n) is 22.8. The summed E-state index contributed by atoms with van der Waals surface area (Å²) in [6.45, 7) is 0.982. The maximum absolute atomic E-state index is 13.0. The fourth-order valence-corrected chi connectivity index (χ4v) is 4.38. The molecule has 210 valence electrons. The van der Waals surface area contributed by atoms with Gasteiger partial charge >= 0.3 is 5.97 Å². The molecule has 0 heterocycles. The molecule has 7 nitrogen and oxygen atoms in total. The van der Waals surface area contributed by atoms with E-state index in [-0.39, 0.29) is 18.1 Å². The lowest BCUT2D eigenvalue weighted by molar-refractivity contribution is -0.137. The van der Waals surface area contributed by atoms with Gasteiger partial charge in [-0.25, -0.2) is 4.79 Å². The molecular formula is C34H34N2O5. The molecule has 1 atom stereocenters. The van der Waals surface area contributed by atoms with Crippen LogP contribution in [-0.4, -0.2) is 42.0 Å². The van der Waals surface area contributed by atoms with E-state index in [1.54, 1.807) is 60.7 Å². The van der Waals surface area contributed by atoms with Gasteiger partial charge in [0.1, 0.15) is 11.8 Å². The van der Waals surface area contributed by atoms with Crippen LogP contribution >= 0.6 is 0 Å². The van der Waals surface area contributed by atoms with Crippen molar-refractivity contribution in [3.63, 3.8) is 0 Å². The predicted molar refractivity (Wildman–Crippen MR) is 159 cm³/mol. The first-order valence-corrected chi connectivity index (χ1v) is 13.7. The van der Waals surface area contributed by atoms with E-state index in [1.165, 1.54) is 0 Å². The third-order valence-corrected chi connectivity index (χ3v) is 6.59. The van der Waals surface area contributed by atoms with Crippen molar-refractivity contribution in [2.75, 3.05) is 18.5 Å². The molecule has 0 aliphatic carbocycles. The number of para-hydroxylation sites is 1. The van der Waals surface area contributed by atoms with Gasteiger partial charge < -0.3 is 20.5 Å². The van der Waals surface area contributed by atoms with Crippen LogP contribution in [0.4, 0.5) is 5.69 Å². The minimum Gasteiger partial charge on any atom is -0.494 e. The number of carbonyl (C=O) groups is 3. The lowest BCUT2D eigenvalue weighted by Crippen LogP contribution is -2.32. The van der Waals surface area contributed by atoms with Gasteiger partial charge in [0.2, 0.25) is 5.91 Å². The summed E-state index contributed by atoms with van der Waals surface area (Å²) >= 11 is 0. The van der Waals surface area contributed by atoms with Gasteiger partial charge in [0, 0.05) is 36.2 Å². The molecule has 0 spiro atoms. The number of rotatable bonds is 15. The van der Waals surface area contributed by atoms with Crippen LogP contribution in [0.1, 0.15) is 39.9 Å². The monoisotopic (exact) mass is 550 g/mol. The number of ether oxygens (including phenoxy) is 1. The molecule has 1 amide bonds. The first-order valence-electron chi connectivity index (χ1n) is 13.7. The molecule has 7 heteroatoms. The third kappa shape index (κ3) is 9.07. The van der Waals surface area contributed by atoms with Crippen molar-refractivity contribution in [1.29, 1.82) is 0 Å². The van der Waals surface area contributed by atoms with Gasteiger partial charge in [0.15, 0.2) is 5.78 Å². The predicted octanol–water partition coefficient (Wildman–Crippen LogP) is 5.54. The van der Waals surface area contributed by atoms with Crippen LogP contribution in [0.25, 0.3) is 0 Å². The molecule has 0 saturated carbocycles. The minimum atomic E-state index is -1.02. The molecule has 0 fully saturated rings. The summed E-state index contributed by atoms with van der Waals surface area (Å²) in [6, 6.07) is 32.1. The van der Waals surface area contributed by atoms with Gasteiger partial charge in [-0.3, -0.25) is 9.59 Å². The van der Waals surface area contributed by atoms with Crippen molar-refractivity contribution in [3.05, 3.63) is 131 Å². The zero-order valence-corrected chi connectivity index (χ0v) is 22.8. The second-order valence-electron chi connectivity index (χ2n) is 9.66. The number of benzene rings is 4. The smallest absolute Gasteiger partial charge is 0.326 e. The van der Waals surface area contributed by atoms with Crippen molar-refractivity contribution in [2.24, 2.45) is 0 Å². The van der Waals surface area contributed by atoms with E-state index in [2.05, 4.69) is 10.6 Å². The standard InChI is InChI=1S/C34H34N2O5/c37-32(21-18-25-10-3-1-4-11-25)35-22-9-23-41-28-19-16-26(17-20-28)24-31(34(39)40)36-30-15-8-7-14-29(30)33(38)27-12-5-2-6-13-27/h1-8,10-17,19-20,31,36H,9,18,21-24H2,(H,35,37)(H,39,40)/t31-/m0/s1. The number of aryl methyl sites for hydroxylation is 1. The van der Waals surface area contributed by atoms with E-state index in [4.69, 9.17) is 4.74 Å². The van der Waals surface area contributed by atoms with Gasteiger partial charge in [-0.2, -0.15) is 0 Å². The van der Waals surface area contributed by atoms with E-state index in [9.17, 15) is 19.5 Å². The number of amides is 1. The van der Waals surface area contributed by atoms with E-state index in [1.807, 2.05) is 48.5 Å². The third-order valence-electron chi connectivity index (χ3n) is 6.59. The molecule has 4 rings (SSSR count). The Labute approximate surface area is 240 Å². The highest BCUT2D eigenvalue weighted by Crippen LogP contribution is 2.22. The SMILES string of the molecule is O=C(CCc1ccccc1)NCCCOc1ccc(C[C@H](Nc2ccccc2C(=O)c2ccccc2)C(=O)O)cc1. The topological polar surface area (TPSA) is 105 Å². The fourth-order valence-electron chi connectivity index (χ4n) is 4.38. The molecule has 0 radical (unpaired) electrons. The van der Waals surface area contributed by atoms with Crippen LogP contribution in [0, 0.1) is 0 Å². The van der Waals surface area contributed by atoms with Crippen molar-refractivity contribution in [3.8, 4) is 5.75 Å². The van der Waals surface area contributed by atoms with E-state index < -0.39 is 12.0 Å². The molecule has 0 unspecified atom stereocenters. The maximum Gasteiger partial charge on any atom is 0.326 e. The highest BCUT2D eigenvalue weighted by molar-refractivity contribution is 6.12. The minimum absolute atomic E-state index is 0.0202. The molecular weight excluding hydrogens is 516 g/mol. The Morgan fingerprint density at radius 2 is 1.41 bits per heavy atom. The Balaban J connectivity index is 1.24. The van der Waals surface area contributed by atoms with Crippen molar-refractivity contribution >= 4 is 23.3 Å². The number of carbonyl (C=O) groups excluding carboxylic acids is 2. The number of nitrogens with one attached hydrogen (secondary N) is 2. The summed E-state index contributed by atoms with van der Waals surface area (Å²) in [5, 5.41) is 15.9. The Morgan fingerprint density at radius 1 is 0.756 bits per heavy atom. The molecule has 0 saturated heterocycles. The Hall–Kier alpha value is -4.91. The number of ketones is 1. The molecule has 4 aromatic rings. The van der Waals surface area contributed by atoms with Gasteiger partial charge in [-0.15, -0.1) is 0 Å². The van der Waals surface area contributed by atoms with Gasteiger partial charge in [0.05, 0.1) is 6.61 Å². The molecule has 0 aliphatic rings. The highest BCUT2D eigenvalue weighted by atomic mass is 16.5. The van der Waals surface area contributed by atoms with Crippen LogP contribution in [0.3, 0.4) is 0 Å². The second-order valence-corrected chi connectivity index (χ2v) is 9.66. The summed E-state index contributed by atoms with van der Waals surface area (Å²) in [7, 11) is 0. The van der Waals surface area contributed by atoms with Crippen LogP contribution in [-0.2, 0) is 22.4 Å². The quantitative estimate of drug-likeness (QED) is 0.133. The second kappa shape index (κ2) is 15.0.